The van der Waals surface area contributed by atoms with Gasteiger partial charge in [-0.2, -0.15) is 0 Å². The molecule has 0 aliphatic carbocycles. The van der Waals surface area contributed by atoms with Crippen molar-refractivity contribution < 1.29 is 25.7 Å². The number of hydrogen-bond donors (Lipinski definition) is 2. The maximum atomic E-state index is 9.77. The Bertz CT molecular complexity index is 1780. The molecule has 6 aromatic rings. The van der Waals surface area contributed by atoms with E-state index in [1.165, 1.54) is 0 Å². The molecular weight excluding hydrogens is 363 g/mol. The lowest BCUT2D eigenvalue weighted by atomic mass is 9.79. The van der Waals surface area contributed by atoms with Crippen molar-refractivity contribution in [2.24, 2.45) is 0 Å². The van der Waals surface area contributed by atoms with Crippen molar-refractivity contribution in [1.29, 1.82) is 0 Å². The van der Waals surface area contributed by atoms with Crippen LogP contribution in [-0.2, 0) is 0 Å². The van der Waals surface area contributed by atoms with E-state index in [-0.39, 0.29) is 23.1 Å². The molecule has 138 valence electrons. The number of furan rings is 2. The number of rotatable bonds is 2. The molecule has 0 radical (unpaired) electrons. The highest BCUT2D eigenvalue weighted by atomic mass is 16.4. The van der Waals surface area contributed by atoms with E-state index in [4.69, 9.17) is 15.7 Å². The highest BCUT2D eigenvalue weighted by Crippen LogP contribution is 2.40. The summed E-state index contributed by atoms with van der Waals surface area (Å²) in [5.41, 5.74) is 2.85. The molecule has 2 heterocycles. The van der Waals surface area contributed by atoms with Crippen LogP contribution in [0.4, 0.5) is 0 Å². The monoisotopic (exact) mass is 383 g/mol. The summed E-state index contributed by atoms with van der Waals surface area (Å²) in [5.74, 6) is 0. The lowest BCUT2D eigenvalue weighted by Crippen LogP contribution is -2.29. The lowest BCUT2D eigenvalue weighted by Gasteiger charge is -2.01. The highest BCUT2D eigenvalue weighted by molar-refractivity contribution is 6.62. The van der Waals surface area contributed by atoms with Crippen LogP contribution < -0.4 is 5.46 Å². The molecule has 5 heteroatoms. The van der Waals surface area contributed by atoms with Crippen molar-refractivity contribution in [2.75, 3.05) is 0 Å². The largest absolute Gasteiger partial charge is 0.492 e. The Hall–Kier alpha value is -3.54. The van der Waals surface area contributed by atoms with Gasteiger partial charge in [0, 0.05) is 27.0 Å². The maximum absolute atomic E-state index is 9.77. The van der Waals surface area contributed by atoms with Crippen LogP contribution in [0, 0.1) is 0 Å². The van der Waals surface area contributed by atoms with Gasteiger partial charge in [-0.05, 0) is 35.4 Å². The molecule has 0 bridgehead atoms. The first-order valence-electron chi connectivity index (χ1n) is 11.5. The van der Waals surface area contributed by atoms with Crippen LogP contribution in [0.1, 0.15) is 6.85 Å². The molecule has 0 spiro atoms. The summed E-state index contributed by atoms with van der Waals surface area (Å²) in [4.78, 5) is 0. The van der Waals surface area contributed by atoms with Crippen LogP contribution in [0.5, 0.6) is 0 Å². The third-order valence-corrected chi connectivity index (χ3v) is 5.19. The van der Waals surface area contributed by atoms with E-state index in [0.717, 1.165) is 10.8 Å². The fourth-order valence-corrected chi connectivity index (χ4v) is 3.93. The molecule has 0 aliphatic rings. The van der Waals surface area contributed by atoms with E-state index >= 15 is 0 Å². The van der Waals surface area contributed by atoms with Gasteiger partial charge in [-0.1, -0.05) is 54.5 Å². The third-order valence-electron chi connectivity index (χ3n) is 5.19. The summed E-state index contributed by atoms with van der Waals surface area (Å²) in [6.45, 7) is 0. The smallest absolute Gasteiger partial charge is 0.456 e. The molecule has 4 nitrogen and oxygen atoms in total. The predicted octanol–water partition coefficient (Wildman–Crippen LogP) is 4.83. The molecule has 0 amide bonds. The van der Waals surface area contributed by atoms with Gasteiger partial charge in [0.15, 0.2) is 0 Å². The van der Waals surface area contributed by atoms with Gasteiger partial charge in [0.25, 0.3) is 0 Å². The molecule has 6 rings (SSSR count). The minimum atomic E-state index is -1.70. The summed E-state index contributed by atoms with van der Waals surface area (Å²) in [6, 6.07) is 12.0. The van der Waals surface area contributed by atoms with Crippen molar-refractivity contribution in [3.05, 3.63) is 78.7 Å². The molecule has 2 aromatic heterocycles. The zero-order valence-corrected chi connectivity index (χ0v) is 14.9. The van der Waals surface area contributed by atoms with Gasteiger partial charge < -0.3 is 18.9 Å². The average molecular weight is 383 g/mol. The molecule has 29 heavy (non-hydrogen) atoms. The van der Waals surface area contributed by atoms with E-state index in [9.17, 15) is 10.0 Å². The lowest BCUT2D eigenvalue weighted by molar-refractivity contribution is 0.425. The van der Waals surface area contributed by atoms with Crippen LogP contribution in [0.3, 0.4) is 0 Å². The van der Waals surface area contributed by atoms with Gasteiger partial charge >= 0.3 is 7.12 Å². The fraction of sp³-hybridized carbons (Fsp3) is 0. The van der Waals surface area contributed by atoms with Crippen molar-refractivity contribution in [3.8, 4) is 11.1 Å². The average Bonchev–Trinajstić information content (AvgIpc) is 3.38. The van der Waals surface area contributed by atoms with Crippen molar-refractivity contribution >= 4 is 56.5 Å². The molecule has 0 atom stereocenters. The van der Waals surface area contributed by atoms with E-state index in [1.54, 1.807) is 42.5 Å². The summed E-state index contributed by atoms with van der Waals surface area (Å²) in [6.07, 6.45) is 0. The van der Waals surface area contributed by atoms with Crippen LogP contribution in [-0.4, -0.2) is 17.2 Å². The molecule has 0 fully saturated rings. The van der Waals surface area contributed by atoms with Gasteiger partial charge in [-0.15, -0.1) is 0 Å². The van der Waals surface area contributed by atoms with E-state index in [2.05, 4.69) is 0 Å². The van der Waals surface area contributed by atoms with Crippen LogP contribution in [0.2, 0.25) is 0 Å². The molecule has 0 aliphatic heterocycles. The Kier molecular flexibility index (Phi) is 2.50. The second-order valence-corrected chi connectivity index (χ2v) is 6.82. The van der Waals surface area contributed by atoms with Crippen LogP contribution in [0.15, 0.2) is 87.6 Å². The molecule has 0 unspecified atom stereocenters. The van der Waals surface area contributed by atoms with Crippen molar-refractivity contribution in [2.45, 2.75) is 0 Å². The van der Waals surface area contributed by atoms with E-state index in [1.807, 2.05) is 6.07 Å². The first-order chi connectivity index (χ1) is 16.3. The fourth-order valence-electron chi connectivity index (χ4n) is 3.93. The summed E-state index contributed by atoms with van der Waals surface area (Å²) in [7, 11) is -1.70. The topological polar surface area (TPSA) is 66.7 Å². The third kappa shape index (κ3) is 2.35. The van der Waals surface area contributed by atoms with Gasteiger partial charge in [-0.3, -0.25) is 0 Å². The van der Waals surface area contributed by atoms with E-state index in [0.29, 0.717) is 38.7 Å². The minimum absolute atomic E-state index is 0.108. The van der Waals surface area contributed by atoms with Crippen LogP contribution in [0.25, 0.3) is 55.0 Å². The molecule has 0 saturated heterocycles. The Morgan fingerprint density at radius 1 is 0.724 bits per heavy atom. The summed E-state index contributed by atoms with van der Waals surface area (Å²) in [5, 5.41) is 22.4. The normalized spacial score (nSPS) is 14.2. The number of fused-ring (bicyclic) bond motifs is 7. The molecule has 4 aromatic carbocycles. The number of para-hydroxylation sites is 1. The first-order valence-corrected chi connectivity index (χ1v) is 9.01. The predicted molar refractivity (Wildman–Crippen MR) is 116 cm³/mol. The number of hydrogen-bond acceptors (Lipinski definition) is 4. The standard InChI is InChI=1S/C24H15BO4/c26-25(27)18-8-4-7-16-22-21(29-24(16)18)12-11-20-23(22)17-13-15(9-10-19(17)28-20)14-5-2-1-3-6-14/h1-13,26-27H/i1D,2D,3D,5D,6D. The summed E-state index contributed by atoms with van der Waals surface area (Å²) >= 11 is 0. The van der Waals surface area contributed by atoms with Gasteiger partial charge in [-0.25, -0.2) is 0 Å². The SMILES string of the molecule is [2H]c1c([2H])c([2H])c(-c2ccc3oc4ccc5oc6c(B(O)O)cccc6c5c4c3c2)c([2H])c1[2H]. The quantitative estimate of drug-likeness (QED) is 0.420. The zero-order valence-electron chi connectivity index (χ0n) is 19.9. The van der Waals surface area contributed by atoms with Crippen LogP contribution >= 0.6 is 0 Å². The molecular formula is C24H15BO4. The first kappa shape index (κ1) is 12.1. The number of benzene rings is 4. The second kappa shape index (κ2) is 5.98. The Balaban J connectivity index is 1.73. The Morgan fingerprint density at radius 2 is 1.45 bits per heavy atom. The zero-order chi connectivity index (χ0) is 23.9. The highest BCUT2D eigenvalue weighted by Gasteiger charge is 2.22. The second-order valence-electron chi connectivity index (χ2n) is 6.82. The molecule has 0 saturated carbocycles. The van der Waals surface area contributed by atoms with Gasteiger partial charge in [0.05, 0.1) is 6.85 Å². The Morgan fingerprint density at radius 3 is 2.24 bits per heavy atom. The van der Waals surface area contributed by atoms with E-state index < -0.39 is 25.2 Å². The van der Waals surface area contributed by atoms with Gasteiger partial charge in [0.1, 0.15) is 22.3 Å². The molecule has 2 N–H and O–H groups in total. The Labute approximate surface area is 172 Å². The van der Waals surface area contributed by atoms with Crippen molar-refractivity contribution in [1.82, 2.24) is 0 Å². The van der Waals surface area contributed by atoms with Crippen molar-refractivity contribution in [3.63, 3.8) is 0 Å². The maximum Gasteiger partial charge on any atom is 0.492 e. The minimum Gasteiger partial charge on any atom is -0.456 e. The summed E-state index contributed by atoms with van der Waals surface area (Å²) < 4.78 is 52.5. The van der Waals surface area contributed by atoms with Gasteiger partial charge in [0.2, 0.25) is 0 Å².